The van der Waals surface area contributed by atoms with Crippen molar-refractivity contribution in [2.75, 3.05) is 13.1 Å². The highest BCUT2D eigenvalue weighted by molar-refractivity contribution is 5.36. The average Bonchev–Trinajstić information content (AvgIpc) is 2.32. The Labute approximate surface area is 100 Å². The molecule has 0 radical (unpaired) electrons. The smallest absolute Gasteiger partial charge is 0.166 e. The van der Waals surface area contributed by atoms with Gasteiger partial charge < -0.3 is 10.1 Å². The number of rotatable bonds is 2. The van der Waals surface area contributed by atoms with Gasteiger partial charge in [0.2, 0.25) is 0 Å². The first-order valence-corrected chi connectivity index (χ1v) is 5.72. The van der Waals surface area contributed by atoms with Gasteiger partial charge in [-0.1, -0.05) is 0 Å². The lowest BCUT2D eigenvalue weighted by Crippen LogP contribution is -2.47. The third-order valence-electron chi connectivity index (χ3n) is 2.98. The molecule has 0 amide bonds. The Morgan fingerprint density at radius 2 is 2.35 bits per heavy atom. The van der Waals surface area contributed by atoms with Crippen molar-refractivity contribution in [3.05, 3.63) is 29.6 Å². The highest BCUT2D eigenvalue weighted by Crippen LogP contribution is 2.26. The highest BCUT2D eigenvalue weighted by Gasteiger charge is 2.29. The van der Waals surface area contributed by atoms with Gasteiger partial charge in [-0.05, 0) is 44.5 Å². The lowest BCUT2D eigenvalue weighted by Gasteiger charge is -2.34. The van der Waals surface area contributed by atoms with Crippen LogP contribution in [0.25, 0.3) is 0 Å². The van der Waals surface area contributed by atoms with E-state index in [0.29, 0.717) is 12.1 Å². The Balaban J connectivity index is 2.15. The number of piperidine rings is 1. The molecule has 1 N–H and O–H groups in total. The lowest BCUT2D eigenvalue weighted by atomic mass is 9.96. The SMILES string of the molecule is CC1(Oc2ccc(C#N)cc2F)CCCNC1. The minimum absolute atomic E-state index is 0.218. The Hall–Kier alpha value is -1.60. The molecule has 0 saturated carbocycles. The minimum Gasteiger partial charge on any atom is -0.483 e. The van der Waals surface area contributed by atoms with Crippen LogP contribution in [0.1, 0.15) is 25.3 Å². The second kappa shape index (κ2) is 4.72. The van der Waals surface area contributed by atoms with Crippen LogP contribution in [0.2, 0.25) is 0 Å². The summed E-state index contributed by atoms with van der Waals surface area (Å²) in [6, 6.07) is 6.19. The zero-order chi connectivity index (χ0) is 12.3. The van der Waals surface area contributed by atoms with Crippen LogP contribution in [0.3, 0.4) is 0 Å². The maximum absolute atomic E-state index is 13.7. The summed E-state index contributed by atoms with van der Waals surface area (Å²) >= 11 is 0. The second-order valence-corrected chi connectivity index (χ2v) is 4.59. The van der Waals surface area contributed by atoms with E-state index in [0.717, 1.165) is 19.4 Å². The molecule has 1 heterocycles. The van der Waals surface area contributed by atoms with E-state index in [-0.39, 0.29) is 11.4 Å². The molecular weight excluding hydrogens is 219 g/mol. The van der Waals surface area contributed by atoms with Crippen LogP contribution >= 0.6 is 0 Å². The molecule has 1 aromatic rings. The molecule has 4 heteroatoms. The van der Waals surface area contributed by atoms with Crippen molar-refractivity contribution < 1.29 is 9.13 Å². The lowest BCUT2D eigenvalue weighted by molar-refractivity contribution is 0.0572. The van der Waals surface area contributed by atoms with Gasteiger partial charge in [-0.25, -0.2) is 4.39 Å². The van der Waals surface area contributed by atoms with E-state index in [1.54, 1.807) is 6.07 Å². The molecule has 1 saturated heterocycles. The topological polar surface area (TPSA) is 45.0 Å². The maximum atomic E-state index is 13.7. The van der Waals surface area contributed by atoms with E-state index in [1.165, 1.54) is 12.1 Å². The first-order valence-electron chi connectivity index (χ1n) is 5.72. The molecule has 1 aliphatic rings. The minimum atomic E-state index is -0.476. The predicted octanol–water partition coefficient (Wildman–Crippen LogP) is 2.22. The summed E-state index contributed by atoms with van der Waals surface area (Å²) in [5, 5.41) is 11.9. The number of halogens is 1. The fourth-order valence-corrected chi connectivity index (χ4v) is 2.03. The van der Waals surface area contributed by atoms with Gasteiger partial charge in [0.1, 0.15) is 5.60 Å². The molecule has 1 atom stereocenters. The number of hydrogen-bond donors (Lipinski definition) is 1. The number of hydrogen-bond acceptors (Lipinski definition) is 3. The zero-order valence-electron chi connectivity index (χ0n) is 9.79. The highest BCUT2D eigenvalue weighted by atomic mass is 19.1. The van der Waals surface area contributed by atoms with Crippen molar-refractivity contribution in [1.82, 2.24) is 5.32 Å². The zero-order valence-corrected chi connectivity index (χ0v) is 9.79. The molecule has 1 aromatic carbocycles. The average molecular weight is 234 g/mol. The van der Waals surface area contributed by atoms with Crippen LogP contribution in [0.15, 0.2) is 18.2 Å². The monoisotopic (exact) mass is 234 g/mol. The summed E-state index contributed by atoms with van der Waals surface area (Å²) in [7, 11) is 0. The first-order chi connectivity index (χ1) is 8.13. The van der Waals surface area contributed by atoms with Gasteiger partial charge in [0.15, 0.2) is 11.6 Å². The van der Waals surface area contributed by atoms with E-state index in [4.69, 9.17) is 10.00 Å². The molecule has 17 heavy (non-hydrogen) atoms. The summed E-state index contributed by atoms with van der Waals surface area (Å²) in [5.74, 6) is -0.258. The number of benzene rings is 1. The largest absolute Gasteiger partial charge is 0.483 e. The van der Waals surface area contributed by atoms with Crippen molar-refractivity contribution in [2.45, 2.75) is 25.4 Å². The van der Waals surface area contributed by atoms with Crippen molar-refractivity contribution in [2.24, 2.45) is 0 Å². The van der Waals surface area contributed by atoms with Crippen molar-refractivity contribution >= 4 is 0 Å². The summed E-state index contributed by atoms with van der Waals surface area (Å²) in [6.45, 7) is 3.66. The molecule has 90 valence electrons. The summed E-state index contributed by atoms with van der Waals surface area (Å²) < 4.78 is 19.4. The Morgan fingerprint density at radius 3 is 2.94 bits per heavy atom. The van der Waals surface area contributed by atoms with Crippen molar-refractivity contribution in [3.8, 4) is 11.8 Å². The number of nitrogens with zero attached hydrogens (tertiary/aromatic N) is 1. The molecule has 2 rings (SSSR count). The van der Waals surface area contributed by atoms with Gasteiger partial charge in [-0.2, -0.15) is 5.26 Å². The third kappa shape index (κ3) is 2.75. The number of nitriles is 1. The van der Waals surface area contributed by atoms with Gasteiger partial charge in [0.05, 0.1) is 11.6 Å². The summed E-state index contributed by atoms with van der Waals surface area (Å²) in [5.41, 5.74) is -0.0606. The number of nitrogens with one attached hydrogen (secondary N) is 1. The fourth-order valence-electron chi connectivity index (χ4n) is 2.03. The van der Waals surface area contributed by atoms with Gasteiger partial charge in [0, 0.05) is 6.54 Å². The molecule has 0 spiro atoms. The molecule has 0 aliphatic carbocycles. The molecule has 1 fully saturated rings. The van der Waals surface area contributed by atoms with Crippen molar-refractivity contribution in [1.29, 1.82) is 5.26 Å². The maximum Gasteiger partial charge on any atom is 0.166 e. The van der Waals surface area contributed by atoms with E-state index < -0.39 is 5.82 Å². The molecule has 1 aliphatic heterocycles. The molecular formula is C13H15FN2O. The normalized spacial score (nSPS) is 24.1. The van der Waals surface area contributed by atoms with Crippen LogP contribution < -0.4 is 10.1 Å². The van der Waals surface area contributed by atoms with Gasteiger partial charge in [-0.15, -0.1) is 0 Å². The fraction of sp³-hybridized carbons (Fsp3) is 0.462. The van der Waals surface area contributed by atoms with E-state index >= 15 is 0 Å². The van der Waals surface area contributed by atoms with Gasteiger partial charge in [0.25, 0.3) is 0 Å². The molecule has 3 nitrogen and oxygen atoms in total. The standard InChI is InChI=1S/C13H15FN2O/c1-13(5-2-6-16-9-13)17-12-4-3-10(8-15)7-11(12)14/h3-4,7,16H,2,5-6,9H2,1H3. The van der Waals surface area contributed by atoms with Crippen molar-refractivity contribution in [3.63, 3.8) is 0 Å². The van der Waals surface area contributed by atoms with Crippen LogP contribution in [-0.2, 0) is 0 Å². The third-order valence-corrected chi connectivity index (χ3v) is 2.98. The number of ether oxygens (including phenoxy) is 1. The van der Waals surface area contributed by atoms with E-state index in [1.807, 2.05) is 13.0 Å². The molecule has 1 unspecified atom stereocenters. The molecule has 0 bridgehead atoms. The second-order valence-electron chi connectivity index (χ2n) is 4.59. The summed E-state index contributed by atoms with van der Waals surface area (Å²) in [4.78, 5) is 0. The quantitative estimate of drug-likeness (QED) is 0.853. The summed E-state index contributed by atoms with van der Waals surface area (Å²) in [6.07, 6.45) is 1.92. The first kappa shape index (κ1) is 11.9. The van der Waals surface area contributed by atoms with Crippen LogP contribution in [-0.4, -0.2) is 18.7 Å². The molecule has 0 aromatic heterocycles. The van der Waals surface area contributed by atoms with E-state index in [9.17, 15) is 4.39 Å². The Kier molecular flexibility index (Phi) is 3.30. The predicted molar refractivity (Wildman–Crippen MR) is 62.3 cm³/mol. The Bertz CT molecular complexity index is 447. The van der Waals surface area contributed by atoms with Crippen LogP contribution in [0.4, 0.5) is 4.39 Å². The van der Waals surface area contributed by atoms with Crippen LogP contribution in [0, 0.1) is 17.1 Å². The Morgan fingerprint density at radius 1 is 1.53 bits per heavy atom. The van der Waals surface area contributed by atoms with Gasteiger partial charge in [-0.3, -0.25) is 0 Å². The van der Waals surface area contributed by atoms with Crippen LogP contribution in [0.5, 0.6) is 5.75 Å². The van der Waals surface area contributed by atoms with Gasteiger partial charge >= 0.3 is 0 Å². The van der Waals surface area contributed by atoms with E-state index in [2.05, 4.69) is 5.32 Å².